The van der Waals surface area contributed by atoms with Crippen molar-refractivity contribution in [2.45, 2.75) is 70.3 Å². The summed E-state index contributed by atoms with van der Waals surface area (Å²) in [6.07, 6.45) is 9.24. The van der Waals surface area contributed by atoms with Crippen molar-refractivity contribution in [2.75, 3.05) is 0 Å². The van der Waals surface area contributed by atoms with Crippen LogP contribution in [0.4, 0.5) is 0 Å². The Kier molecular flexibility index (Phi) is 4.65. The third-order valence-electron chi connectivity index (χ3n) is 5.79. The van der Waals surface area contributed by atoms with Crippen molar-refractivity contribution in [3.8, 4) is 11.3 Å². The van der Waals surface area contributed by atoms with Crippen molar-refractivity contribution >= 4 is 0 Å². The fourth-order valence-corrected chi connectivity index (χ4v) is 4.59. The van der Waals surface area contributed by atoms with Crippen LogP contribution >= 0.6 is 0 Å². The topological polar surface area (TPSA) is 47.3 Å². The van der Waals surface area contributed by atoms with Gasteiger partial charge in [-0.15, -0.1) is 0 Å². The second kappa shape index (κ2) is 6.93. The van der Waals surface area contributed by atoms with E-state index in [9.17, 15) is 5.11 Å². The predicted octanol–water partition coefficient (Wildman–Crippen LogP) is 4.19. The number of benzene rings is 1. The van der Waals surface area contributed by atoms with Gasteiger partial charge in [0.15, 0.2) is 0 Å². The van der Waals surface area contributed by atoms with Crippen LogP contribution in [0.25, 0.3) is 11.3 Å². The van der Waals surface area contributed by atoms with E-state index in [1.165, 1.54) is 16.8 Å². The van der Waals surface area contributed by atoms with Gasteiger partial charge in [0.2, 0.25) is 0 Å². The van der Waals surface area contributed by atoms with Crippen LogP contribution in [0.2, 0.25) is 0 Å². The van der Waals surface area contributed by atoms with E-state index in [1.807, 2.05) is 12.5 Å². The van der Waals surface area contributed by atoms with E-state index in [0.29, 0.717) is 18.1 Å². The first-order valence-electron chi connectivity index (χ1n) is 9.58. The van der Waals surface area contributed by atoms with Crippen LogP contribution in [-0.4, -0.2) is 33.0 Å². The number of hydrogen-bond donors (Lipinski definition) is 1. The van der Waals surface area contributed by atoms with Crippen LogP contribution < -0.4 is 0 Å². The van der Waals surface area contributed by atoms with Crippen molar-refractivity contribution in [1.29, 1.82) is 0 Å². The normalized spacial score (nSPS) is 26.5. The summed E-state index contributed by atoms with van der Waals surface area (Å²) in [7, 11) is 0. The van der Waals surface area contributed by atoms with Gasteiger partial charge in [-0.05, 0) is 57.4 Å². The van der Waals surface area contributed by atoms with E-state index < -0.39 is 0 Å². The first-order chi connectivity index (χ1) is 12.1. The second-order valence-corrected chi connectivity index (χ2v) is 7.81. The summed E-state index contributed by atoms with van der Waals surface area (Å²) in [4.78, 5) is 4.31. The SMILES string of the molecule is CC(C)O[C@H]1CC[C@H](C(O)CC2c3ccccc3-c3cncn32)CC1. The number of aliphatic hydroxyl groups excluding tert-OH is 1. The zero-order valence-electron chi connectivity index (χ0n) is 15.1. The lowest BCUT2D eigenvalue weighted by atomic mass is 9.81. The molecular weight excluding hydrogens is 312 g/mol. The van der Waals surface area contributed by atoms with Crippen LogP contribution in [0.1, 0.15) is 57.6 Å². The predicted molar refractivity (Wildman–Crippen MR) is 98.4 cm³/mol. The third-order valence-corrected chi connectivity index (χ3v) is 5.79. The fraction of sp³-hybridized carbons (Fsp3) is 0.571. The number of imidazole rings is 1. The smallest absolute Gasteiger partial charge is 0.0956 e. The van der Waals surface area contributed by atoms with Crippen molar-refractivity contribution in [3.05, 3.63) is 42.4 Å². The zero-order valence-corrected chi connectivity index (χ0v) is 15.1. The average Bonchev–Trinajstić information content (AvgIpc) is 3.18. The third kappa shape index (κ3) is 3.25. The summed E-state index contributed by atoms with van der Waals surface area (Å²) in [5.41, 5.74) is 3.74. The first-order valence-corrected chi connectivity index (χ1v) is 9.58. The standard InChI is InChI=1S/C21H28N2O2/c1-14(2)25-16-9-7-15(8-10-16)21(24)11-19-17-5-3-4-6-18(17)20-12-22-13-23(19)20/h3-6,12-16,19,21,24H,7-11H2,1-2H3/t15-,16-,19?,21?. The Morgan fingerprint density at radius 1 is 1.20 bits per heavy atom. The minimum atomic E-state index is -0.272. The summed E-state index contributed by atoms with van der Waals surface area (Å²) in [6, 6.07) is 8.71. The number of rotatable bonds is 5. The largest absolute Gasteiger partial charge is 0.393 e. The maximum Gasteiger partial charge on any atom is 0.0956 e. The van der Waals surface area contributed by atoms with Crippen molar-refractivity contribution in [2.24, 2.45) is 5.92 Å². The van der Waals surface area contributed by atoms with Crippen LogP contribution in [0.5, 0.6) is 0 Å². The molecule has 2 aromatic rings. The monoisotopic (exact) mass is 340 g/mol. The Labute approximate surface area is 149 Å². The van der Waals surface area contributed by atoms with E-state index in [2.05, 4.69) is 47.7 Å². The Morgan fingerprint density at radius 2 is 1.96 bits per heavy atom. The van der Waals surface area contributed by atoms with Gasteiger partial charge in [0.05, 0.1) is 42.6 Å². The molecule has 1 saturated carbocycles. The molecule has 4 rings (SSSR count). The molecule has 2 heterocycles. The van der Waals surface area contributed by atoms with Crippen molar-refractivity contribution in [3.63, 3.8) is 0 Å². The molecule has 0 spiro atoms. The molecule has 2 atom stereocenters. The minimum absolute atomic E-state index is 0.202. The zero-order chi connectivity index (χ0) is 17.4. The van der Waals surface area contributed by atoms with Gasteiger partial charge in [-0.25, -0.2) is 4.98 Å². The minimum Gasteiger partial charge on any atom is -0.393 e. The van der Waals surface area contributed by atoms with Crippen LogP contribution in [0.3, 0.4) is 0 Å². The Morgan fingerprint density at radius 3 is 2.72 bits per heavy atom. The molecule has 0 amide bonds. The van der Waals surface area contributed by atoms with Crippen molar-refractivity contribution in [1.82, 2.24) is 9.55 Å². The number of ether oxygens (including phenoxy) is 1. The highest BCUT2D eigenvalue weighted by Gasteiger charge is 2.33. The lowest BCUT2D eigenvalue weighted by Crippen LogP contribution is -2.31. The van der Waals surface area contributed by atoms with Gasteiger partial charge in [-0.2, -0.15) is 0 Å². The molecule has 1 aliphatic heterocycles. The van der Waals surface area contributed by atoms with E-state index in [4.69, 9.17) is 4.74 Å². The fourth-order valence-electron chi connectivity index (χ4n) is 4.59. The molecule has 4 nitrogen and oxygen atoms in total. The molecule has 1 fully saturated rings. The molecular formula is C21H28N2O2. The van der Waals surface area contributed by atoms with E-state index in [-0.39, 0.29) is 12.1 Å². The quantitative estimate of drug-likeness (QED) is 0.888. The highest BCUT2D eigenvalue weighted by atomic mass is 16.5. The van der Waals surface area contributed by atoms with E-state index in [0.717, 1.165) is 32.1 Å². The van der Waals surface area contributed by atoms with Crippen molar-refractivity contribution < 1.29 is 9.84 Å². The molecule has 0 saturated heterocycles. The molecule has 1 N–H and O–H groups in total. The van der Waals surface area contributed by atoms with E-state index in [1.54, 1.807) is 0 Å². The summed E-state index contributed by atoms with van der Waals surface area (Å²) >= 11 is 0. The second-order valence-electron chi connectivity index (χ2n) is 7.81. The average molecular weight is 340 g/mol. The lowest BCUT2D eigenvalue weighted by molar-refractivity contribution is -0.0354. The summed E-state index contributed by atoms with van der Waals surface area (Å²) < 4.78 is 8.16. The summed E-state index contributed by atoms with van der Waals surface area (Å²) in [6.45, 7) is 4.20. The molecule has 0 bridgehead atoms. The van der Waals surface area contributed by atoms with Gasteiger partial charge < -0.3 is 14.4 Å². The highest BCUT2D eigenvalue weighted by molar-refractivity contribution is 5.68. The van der Waals surface area contributed by atoms with Gasteiger partial charge in [0.1, 0.15) is 0 Å². The van der Waals surface area contributed by atoms with Gasteiger partial charge in [0, 0.05) is 5.56 Å². The van der Waals surface area contributed by atoms with Crippen LogP contribution in [-0.2, 0) is 4.74 Å². The Bertz CT molecular complexity index is 716. The van der Waals surface area contributed by atoms with Gasteiger partial charge in [-0.1, -0.05) is 24.3 Å². The molecule has 1 aromatic heterocycles. The first kappa shape index (κ1) is 16.8. The molecule has 1 aliphatic carbocycles. The van der Waals surface area contributed by atoms with E-state index >= 15 is 0 Å². The van der Waals surface area contributed by atoms with Gasteiger partial charge >= 0.3 is 0 Å². The molecule has 2 unspecified atom stereocenters. The Hall–Kier alpha value is -1.65. The molecule has 2 aliphatic rings. The van der Waals surface area contributed by atoms with Crippen LogP contribution in [0, 0.1) is 5.92 Å². The number of hydrogen-bond acceptors (Lipinski definition) is 3. The number of aliphatic hydroxyl groups is 1. The maximum absolute atomic E-state index is 10.9. The molecule has 134 valence electrons. The Balaban J connectivity index is 1.43. The number of nitrogens with zero attached hydrogens (tertiary/aromatic N) is 2. The highest BCUT2D eigenvalue weighted by Crippen LogP contribution is 2.42. The van der Waals surface area contributed by atoms with Gasteiger partial charge in [0.25, 0.3) is 0 Å². The molecule has 1 aromatic carbocycles. The molecule has 25 heavy (non-hydrogen) atoms. The van der Waals surface area contributed by atoms with Crippen LogP contribution in [0.15, 0.2) is 36.8 Å². The molecule has 0 radical (unpaired) electrons. The number of aromatic nitrogens is 2. The summed E-state index contributed by atoms with van der Waals surface area (Å²) in [5.74, 6) is 0.381. The van der Waals surface area contributed by atoms with Gasteiger partial charge in [-0.3, -0.25) is 0 Å². The maximum atomic E-state index is 10.9. The summed E-state index contributed by atoms with van der Waals surface area (Å²) in [5, 5.41) is 10.9. The molecule has 4 heteroatoms. The lowest BCUT2D eigenvalue weighted by Gasteiger charge is -2.33. The number of fused-ring (bicyclic) bond motifs is 3.